The van der Waals surface area contributed by atoms with Crippen LogP contribution >= 0.6 is 0 Å². The summed E-state index contributed by atoms with van der Waals surface area (Å²) in [7, 11) is 0. The van der Waals surface area contributed by atoms with Crippen LogP contribution in [0.15, 0.2) is 42.0 Å². The van der Waals surface area contributed by atoms with Crippen LogP contribution in [0.4, 0.5) is 0 Å². The molecule has 0 spiro atoms. The molecule has 4 aliphatic rings. The van der Waals surface area contributed by atoms with E-state index in [2.05, 4.69) is 47.6 Å². The van der Waals surface area contributed by atoms with Crippen LogP contribution in [0.1, 0.15) is 124 Å². The molecule has 3 saturated carbocycles. The molecule has 5 rings (SSSR count). The van der Waals surface area contributed by atoms with Crippen molar-refractivity contribution in [1.29, 1.82) is 0 Å². The van der Waals surface area contributed by atoms with Crippen LogP contribution in [0, 0.1) is 52.3 Å². The maximum absolute atomic E-state index is 12.7. The van der Waals surface area contributed by atoms with Crippen molar-refractivity contribution < 1.29 is 9.53 Å². The number of carbonyl (C=O) groups excluding carboxylic acids is 1. The maximum Gasteiger partial charge on any atom is 0.310 e. The van der Waals surface area contributed by atoms with Gasteiger partial charge in [0, 0.05) is 6.42 Å². The van der Waals surface area contributed by atoms with Crippen LogP contribution < -0.4 is 0 Å². The maximum atomic E-state index is 12.7. The summed E-state index contributed by atoms with van der Waals surface area (Å²) in [5, 5.41) is 0. The van der Waals surface area contributed by atoms with Crippen molar-refractivity contribution in [3.05, 3.63) is 47.5 Å². The van der Waals surface area contributed by atoms with Gasteiger partial charge in [-0.1, -0.05) is 103 Å². The second-order valence-electron chi connectivity index (χ2n) is 15.4. The third-order valence-corrected chi connectivity index (χ3v) is 12.9. The highest BCUT2D eigenvalue weighted by Crippen LogP contribution is 2.67. The van der Waals surface area contributed by atoms with Crippen molar-refractivity contribution >= 4 is 5.97 Å². The van der Waals surface area contributed by atoms with E-state index in [-0.39, 0.29) is 12.1 Å². The van der Waals surface area contributed by atoms with E-state index >= 15 is 0 Å². The summed E-state index contributed by atoms with van der Waals surface area (Å²) in [6, 6.07) is 10.0. The molecule has 0 N–H and O–H groups in total. The largest absolute Gasteiger partial charge is 0.462 e. The third-order valence-electron chi connectivity index (χ3n) is 12.9. The number of hydrogen-bond donors (Lipinski definition) is 0. The Bertz CT molecular complexity index is 1030. The predicted octanol–water partition coefficient (Wildman–Crippen LogP) is 10.2. The van der Waals surface area contributed by atoms with E-state index in [0.29, 0.717) is 17.3 Å². The third kappa shape index (κ3) is 5.85. The molecule has 0 radical (unpaired) electrons. The molecule has 222 valence electrons. The Labute approximate surface area is 246 Å². The minimum Gasteiger partial charge on any atom is -0.462 e. The summed E-state index contributed by atoms with van der Waals surface area (Å²) < 4.78 is 6.04. The summed E-state index contributed by atoms with van der Waals surface area (Å²) in [6.07, 6.45) is 18.8. The lowest BCUT2D eigenvalue weighted by molar-refractivity contribution is -0.150. The molecule has 1 aromatic rings. The van der Waals surface area contributed by atoms with Crippen molar-refractivity contribution in [2.75, 3.05) is 0 Å². The van der Waals surface area contributed by atoms with Crippen molar-refractivity contribution in [3.8, 4) is 0 Å². The zero-order chi connectivity index (χ0) is 28.5. The van der Waals surface area contributed by atoms with Crippen LogP contribution in [0.25, 0.3) is 0 Å². The number of rotatable bonds is 10. The Balaban J connectivity index is 1.21. The topological polar surface area (TPSA) is 26.3 Å². The van der Waals surface area contributed by atoms with Crippen LogP contribution in [-0.2, 0) is 16.0 Å². The molecule has 0 heterocycles. The SMILES string of the molecule is CCC[C@H](CC[C@H](C)[C@H]1CC[C@H]2[C@@H]3CC=C4C[C@H](OC(=O)Cc5ccccc5)CC[C@]4(C)[C@H]3CC[C@]12C)C(C)C. The summed E-state index contributed by atoms with van der Waals surface area (Å²) in [4.78, 5) is 12.7. The fraction of sp³-hybridized carbons (Fsp3) is 0.763. The minimum atomic E-state index is -0.0666. The van der Waals surface area contributed by atoms with E-state index in [9.17, 15) is 4.79 Å². The Kier molecular flexibility index (Phi) is 9.23. The first-order chi connectivity index (χ1) is 19.2. The molecular formula is C38H58O2. The van der Waals surface area contributed by atoms with Gasteiger partial charge in [-0.05, 0) is 109 Å². The molecule has 2 heteroatoms. The molecule has 2 nitrogen and oxygen atoms in total. The lowest BCUT2D eigenvalue weighted by atomic mass is 9.47. The molecule has 0 aliphatic heterocycles. The van der Waals surface area contributed by atoms with Gasteiger partial charge in [-0.15, -0.1) is 0 Å². The molecule has 0 amide bonds. The first-order valence-electron chi connectivity index (χ1n) is 17.1. The molecule has 0 unspecified atom stereocenters. The molecule has 0 bridgehead atoms. The van der Waals surface area contributed by atoms with E-state index in [1.165, 1.54) is 64.2 Å². The number of allylic oxidation sites excluding steroid dienone is 1. The fourth-order valence-electron chi connectivity index (χ4n) is 10.6. The van der Waals surface area contributed by atoms with Crippen molar-refractivity contribution in [2.45, 2.75) is 131 Å². The Morgan fingerprint density at radius 3 is 2.45 bits per heavy atom. The van der Waals surface area contributed by atoms with Crippen LogP contribution in [0.3, 0.4) is 0 Å². The number of esters is 1. The summed E-state index contributed by atoms with van der Waals surface area (Å²) in [5.74, 6) is 5.99. The van der Waals surface area contributed by atoms with Crippen molar-refractivity contribution in [2.24, 2.45) is 52.3 Å². The summed E-state index contributed by atoms with van der Waals surface area (Å²) in [6.45, 7) is 15.1. The fourth-order valence-corrected chi connectivity index (χ4v) is 10.6. The monoisotopic (exact) mass is 546 g/mol. The minimum absolute atomic E-state index is 0.0556. The molecule has 4 aliphatic carbocycles. The normalized spacial score (nSPS) is 36.7. The second kappa shape index (κ2) is 12.3. The van der Waals surface area contributed by atoms with E-state index in [1.54, 1.807) is 5.57 Å². The molecule has 0 aromatic heterocycles. The molecule has 3 fully saturated rings. The number of ether oxygens (including phenoxy) is 1. The summed E-state index contributed by atoms with van der Waals surface area (Å²) >= 11 is 0. The van der Waals surface area contributed by atoms with Gasteiger partial charge >= 0.3 is 5.97 Å². The highest BCUT2D eigenvalue weighted by atomic mass is 16.5. The van der Waals surface area contributed by atoms with Gasteiger partial charge in [-0.25, -0.2) is 0 Å². The highest BCUT2D eigenvalue weighted by Gasteiger charge is 2.59. The van der Waals surface area contributed by atoms with E-state index < -0.39 is 0 Å². The molecule has 1 aromatic carbocycles. The first-order valence-corrected chi connectivity index (χ1v) is 17.1. The molecule has 0 saturated heterocycles. The number of fused-ring (bicyclic) bond motifs is 5. The predicted molar refractivity (Wildman–Crippen MR) is 167 cm³/mol. The van der Waals surface area contributed by atoms with Crippen molar-refractivity contribution in [1.82, 2.24) is 0 Å². The van der Waals surface area contributed by atoms with Crippen LogP contribution in [-0.4, -0.2) is 12.1 Å². The quantitative estimate of drug-likeness (QED) is 0.215. The number of benzene rings is 1. The average Bonchev–Trinajstić information content (AvgIpc) is 3.28. The summed E-state index contributed by atoms with van der Waals surface area (Å²) in [5.41, 5.74) is 3.49. The van der Waals surface area contributed by atoms with Gasteiger partial charge in [0.25, 0.3) is 0 Å². The van der Waals surface area contributed by atoms with E-state index in [4.69, 9.17) is 4.74 Å². The smallest absolute Gasteiger partial charge is 0.310 e. The molecular weight excluding hydrogens is 488 g/mol. The van der Waals surface area contributed by atoms with Gasteiger partial charge in [-0.3, -0.25) is 4.79 Å². The lowest BCUT2D eigenvalue weighted by Gasteiger charge is -2.58. The highest BCUT2D eigenvalue weighted by molar-refractivity contribution is 5.72. The van der Waals surface area contributed by atoms with E-state index in [1.807, 2.05) is 30.3 Å². The van der Waals surface area contributed by atoms with Gasteiger partial charge in [-0.2, -0.15) is 0 Å². The van der Waals surface area contributed by atoms with Gasteiger partial charge < -0.3 is 4.74 Å². The van der Waals surface area contributed by atoms with Crippen LogP contribution in [0.5, 0.6) is 0 Å². The van der Waals surface area contributed by atoms with Crippen molar-refractivity contribution in [3.63, 3.8) is 0 Å². The Hall–Kier alpha value is -1.57. The van der Waals surface area contributed by atoms with Gasteiger partial charge in [0.1, 0.15) is 6.10 Å². The Morgan fingerprint density at radius 2 is 1.73 bits per heavy atom. The molecule has 40 heavy (non-hydrogen) atoms. The first kappa shape index (κ1) is 29.9. The number of carbonyl (C=O) groups is 1. The van der Waals surface area contributed by atoms with Crippen LogP contribution in [0.2, 0.25) is 0 Å². The average molecular weight is 547 g/mol. The number of hydrogen-bond acceptors (Lipinski definition) is 2. The lowest BCUT2D eigenvalue weighted by Crippen LogP contribution is -2.51. The molecule has 9 atom stereocenters. The van der Waals surface area contributed by atoms with E-state index in [0.717, 1.165) is 59.8 Å². The van der Waals surface area contributed by atoms with Gasteiger partial charge in [0.05, 0.1) is 6.42 Å². The second-order valence-corrected chi connectivity index (χ2v) is 15.4. The standard InChI is InChI=1S/C38H58O2/c1-7-11-29(26(2)3)15-14-27(4)33-18-19-34-32-17-16-30-25-31(40-36(39)24-28-12-9-8-10-13-28)20-22-37(30,5)35(32)21-23-38(33,34)6/h8-10,12-13,16,26-27,29,31-35H,7,11,14-15,17-25H2,1-6H3/t27-,29+,31+,32-,33+,34-,35-,37-,38+/m0/s1. The zero-order valence-electron chi connectivity index (χ0n) is 26.6. The Morgan fingerprint density at radius 1 is 0.950 bits per heavy atom. The van der Waals surface area contributed by atoms with Gasteiger partial charge in [0.2, 0.25) is 0 Å². The van der Waals surface area contributed by atoms with Gasteiger partial charge in [0.15, 0.2) is 0 Å². The zero-order valence-corrected chi connectivity index (χ0v) is 26.6.